The Morgan fingerprint density at radius 1 is 0.471 bits per heavy atom. The molecule has 2 heteroatoms. The third-order valence-electron chi connectivity index (χ3n) is 11.0. The normalized spacial score (nSPS) is 13.0. The zero-order valence-corrected chi connectivity index (χ0v) is 28.4. The quantitative estimate of drug-likeness (QED) is 0.141. The van der Waals surface area contributed by atoms with E-state index in [4.69, 9.17) is 4.98 Å². The second-order valence-electron chi connectivity index (χ2n) is 14.3. The molecule has 0 aliphatic heterocycles. The number of nitriles is 1. The lowest BCUT2D eigenvalue weighted by Gasteiger charge is -2.22. The van der Waals surface area contributed by atoms with Gasteiger partial charge in [-0.3, -0.25) is 0 Å². The highest BCUT2D eigenvalue weighted by atomic mass is 14.7. The molecule has 51 heavy (non-hydrogen) atoms. The van der Waals surface area contributed by atoms with Crippen LogP contribution in [0.2, 0.25) is 0 Å². The summed E-state index contributed by atoms with van der Waals surface area (Å²) in [5, 5.41) is 17.9. The molecule has 2 nitrogen and oxygen atoms in total. The Morgan fingerprint density at radius 3 is 1.88 bits per heavy atom. The lowest BCUT2D eigenvalue weighted by Crippen LogP contribution is -2.15. The number of fused-ring (bicyclic) bond motifs is 9. The van der Waals surface area contributed by atoms with E-state index in [1.807, 2.05) is 6.07 Å². The maximum Gasteiger partial charge on any atom is 0.0991 e. The Labute approximate surface area is 296 Å². The van der Waals surface area contributed by atoms with Crippen LogP contribution in [0.15, 0.2) is 158 Å². The van der Waals surface area contributed by atoms with Crippen molar-refractivity contribution in [3.63, 3.8) is 0 Å². The highest BCUT2D eigenvalue weighted by Crippen LogP contribution is 2.50. The summed E-state index contributed by atoms with van der Waals surface area (Å²) in [6.07, 6.45) is 0. The van der Waals surface area contributed by atoms with Crippen LogP contribution in [0, 0.1) is 11.3 Å². The topological polar surface area (TPSA) is 36.7 Å². The average Bonchev–Trinajstić information content (AvgIpc) is 3.41. The lowest BCUT2D eigenvalue weighted by molar-refractivity contribution is 0.660. The average molecular weight is 649 g/mol. The van der Waals surface area contributed by atoms with Crippen LogP contribution >= 0.6 is 0 Å². The minimum Gasteiger partial charge on any atom is -0.247 e. The van der Waals surface area contributed by atoms with Crippen molar-refractivity contribution in [2.45, 2.75) is 19.3 Å². The van der Waals surface area contributed by atoms with E-state index in [0.717, 1.165) is 16.8 Å². The van der Waals surface area contributed by atoms with E-state index in [0.29, 0.717) is 5.56 Å². The van der Waals surface area contributed by atoms with Gasteiger partial charge in [-0.2, -0.15) is 5.26 Å². The van der Waals surface area contributed by atoms with Crippen molar-refractivity contribution in [2.24, 2.45) is 0 Å². The van der Waals surface area contributed by atoms with Crippen molar-refractivity contribution in [3.05, 3.63) is 174 Å². The molecular weight excluding hydrogens is 617 g/mol. The molecule has 0 fully saturated rings. The van der Waals surface area contributed by atoms with Gasteiger partial charge < -0.3 is 0 Å². The largest absolute Gasteiger partial charge is 0.247 e. The molecule has 0 amide bonds. The van der Waals surface area contributed by atoms with Crippen molar-refractivity contribution < 1.29 is 0 Å². The summed E-state index contributed by atoms with van der Waals surface area (Å²) < 4.78 is 0. The summed E-state index contributed by atoms with van der Waals surface area (Å²) in [5.74, 6) is 0. The van der Waals surface area contributed by atoms with E-state index < -0.39 is 0 Å². The van der Waals surface area contributed by atoms with E-state index in [1.165, 1.54) is 82.2 Å². The molecule has 1 aliphatic rings. The third-order valence-corrected chi connectivity index (χ3v) is 11.0. The van der Waals surface area contributed by atoms with Gasteiger partial charge in [0.05, 0.1) is 22.8 Å². The molecule has 8 aromatic carbocycles. The molecule has 0 unspecified atom stereocenters. The molecule has 0 spiro atoms. The highest BCUT2D eigenvalue weighted by molar-refractivity contribution is 6.22. The lowest BCUT2D eigenvalue weighted by atomic mass is 9.81. The number of benzene rings is 8. The molecule has 0 radical (unpaired) electrons. The standard InChI is InChI=1S/C49H32N2/c1-49(2)44-23-30(29-50)15-19-40(44)41-21-17-37(27-45(41)49)33-14-8-13-32(24-33)36-16-20-39-38(25-36)18-22-42-43-26-34-11-6-7-12-35(34)28-46(43)51-48(47(39)42)31-9-4-3-5-10-31/h3-28H,1-2H3. The highest BCUT2D eigenvalue weighted by Gasteiger charge is 2.35. The summed E-state index contributed by atoms with van der Waals surface area (Å²) in [4.78, 5) is 5.34. The van der Waals surface area contributed by atoms with E-state index in [-0.39, 0.29) is 5.41 Å². The fourth-order valence-corrected chi connectivity index (χ4v) is 8.37. The molecule has 238 valence electrons. The van der Waals surface area contributed by atoms with Crippen LogP contribution in [0.3, 0.4) is 0 Å². The number of hydrogen-bond acceptors (Lipinski definition) is 2. The maximum absolute atomic E-state index is 9.55. The molecule has 0 saturated carbocycles. The number of nitrogens with zero attached hydrogens (tertiary/aromatic N) is 2. The Morgan fingerprint density at radius 2 is 1.10 bits per heavy atom. The summed E-state index contributed by atoms with van der Waals surface area (Å²) in [6.45, 7) is 4.53. The van der Waals surface area contributed by atoms with Gasteiger partial charge in [-0.1, -0.05) is 129 Å². The summed E-state index contributed by atoms with van der Waals surface area (Å²) in [5.41, 5.74) is 13.4. The number of rotatable bonds is 3. The predicted molar refractivity (Wildman–Crippen MR) is 213 cm³/mol. The van der Waals surface area contributed by atoms with Gasteiger partial charge in [-0.15, -0.1) is 0 Å². The van der Waals surface area contributed by atoms with E-state index in [1.54, 1.807) is 0 Å². The van der Waals surface area contributed by atoms with Gasteiger partial charge >= 0.3 is 0 Å². The van der Waals surface area contributed by atoms with Crippen LogP contribution < -0.4 is 0 Å². The first-order chi connectivity index (χ1) is 25.0. The second-order valence-corrected chi connectivity index (χ2v) is 14.3. The summed E-state index contributed by atoms with van der Waals surface area (Å²) in [7, 11) is 0. The summed E-state index contributed by atoms with van der Waals surface area (Å²) >= 11 is 0. The molecule has 0 atom stereocenters. The SMILES string of the molecule is CC1(C)c2cc(C#N)ccc2-c2ccc(-c3cccc(-c4ccc5c(ccc6c7cc8ccccc8cc7nc(-c7ccccc7)c56)c4)c3)cc21. The Hall–Kier alpha value is -6.56. The van der Waals surface area contributed by atoms with E-state index in [9.17, 15) is 5.26 Å². The molecule has 1 aliphatic carbocycles. The maximum atomic E-state index is 9.55. The molecule has 1 aromatic heterocycles. The second kappa shape index (κ2) is 11.0. The fourth-order valence-electron chi connectivity index (χ4n) is 8.37. The molecule has 0 N–H and O–H groups in total. The first-order valence-electron chi connectivity index (χ1n) is 17.5. The van der Waals surface area contributed by atoms with Crippen molar-refractivity contribution in [2.75, 3.05) is 0 Å². The first-order valence-corrected chi connectivity index (χ1v) is 17.5. The third kappa shape index (κ3) is 4.52. The Bertz CT molecular complexity index is 2950. The number of aromatic nitrogens is 1. The molecule has 1 heterocycles. The van der Waals surface area contributed by atoms with Gasteiger partial charge in [0.15, 0.2) is 0 Å². The minimum absolute atomic E-state index is 0.182. The van der Waals surface area contributed by atoms with Crippen molar-refractivity contribution >= 4 is 43.2 Å². The van der Waals surface area contributed by atoms with Gasteiger partial charge in [0.25, 0.3) is 0 Å². The van der Waals surface area contributed by atoms with E-state index >= 15 is 0 Å². The van der Waals surface area contributed by atoms with Crippen LogP contribution in [-0.2, 0) is 5.41 Å². The van der Waals surface area contributed by atoms with Crippen LogP contribution in [0.4, 0.5) is 0 Å². The zero-order valence-electron chi connectivity index (χ0n) is 28.4. The van der Waals surface area contributed by atoms with Crippen LogP contribution in [0.5, 0.6) is 0 Å². The summed E-state index contributed by atoms with van der Waals surface area (Å²) in [6, 6.07) is 59.2. The molecule has 9 aromatic rings. The van der Waals surface area contributed by atoms with Gasteiger partial charge in [0.1, 0.15) is 0 Å². The van der Waals surface area contributed by atoms with Crippen molar-refractivity contribution in [3.8, 4) is 50.7 Å². The smallest absolute Gasteiger partial charge is 0.0991 e. The number of hydrogen-bond donors (Lipinski definition) is 0. The number of pyridine rings is 1. The van der Waals surface area contributed by atoms with Crippen molar-refractivity contribution in [1.29, 1.82) is 5.26 Å². The van der Waals surface area contributed by atoms with Gasteiger partial charge in [0, 0.05) is 21.8 Å². The van der Waals surface area contributed by atoms with Crippen LogP contribution in [0.1, 0.15) is 30.5 Å². The minimum atomic E-state index is -0.182. The van der Waals surface area contributed by atoms with Crippen LogP contribution in [0.25, 0.3) is 87.9 Å². The predicted octanol–water partition coefficient (Wildman–Crippen LogP) is 12.9. The van der Waals surface area contributed by atoms with Gasteiger partial charge in [-0.05, 0) is 114 Å². The fraction of sp³-hybridized carbons (Fsp3) is 0.0612. The van der Waals surface area contributed by atoms with Gasteiger partial charge in [0.2, 0.25) is 0 Å². The van der Waals surface area contributed by atoms with Crippen molar-refractivity contribution in [1.82, 2.24) is 4.98 Å². The van der Waals surface area contributed by atoms with Gasteiger partial charge in [-0.25, -0.2) is 4.98 Å². The molecule has 0 bridgehead atoms. The Kier molecular flexibility index (Phi) is 6.32. The Balaban J connectivity index is 1.10. The molecule has 0 saturated heterocycles. The monoisotopic (exact) mass is 648 g/mol. The van der Waals surface area contributed by atoms with E-state index in [2.05, 4.69) is 172 Å². The molecule has 10 rings (SSSR count). The molecular formula is C49H32N2. The zero-order chi connectivity index (χ0) is 34.3. The first kappa shape index (κ1) is 29.4. The van der Waals surface area contributed by atoms with Crippen LogP contribution in [-0.4, -0.2) is 4.98 Å².